The van der Waals surface area contributed by atoms with E-state index >= 15 is 0 Å². The van der Waals surface area contributed by atoms with Crippen molar-refractivity contribution >= 4 is 49.8 Å². The second kappa shape index (κ2) is 7.51. The van der Waals surface area contributed by atoms with Crippen molar-refractivity contribution in [1.82, 2.24) is 4.98 Å². The molecule has 1 aromatic heterocycles. The fourth-order valence-corrected chi connectivity index (χ4v) is 4.42. The van der Waals surface area contributed by atoms with Crippen molar-refractivity contribution < 1.29 is 22.7 Å². The van der Waals surface area contributed by atoms with E-state index in [4.69, 9.17) is 16.3 Å². The van der Waals surface area contributed by atoms with Gasteiger partial charge in [0.25, 0.3) is 5.91 Å². The molecule has 0 bridgehead atoms. The SMILES string of the molecule is CC(=O)Oc1cc(Cl)cc(C)c1C(=O)Nc1ncc(CS(C)(=O)=O)s1. The Hall–Kier alpha value is -1.97. The fraction of sp³-hybridized carbons (Fsp3) is 0.267. The van der Waals surface area contributed by atoms with Crippen molar-refractivity contribution in [1.29, 1.82) is 0 Å². The number of nitrogens with zero attached hydrogens (tertiary/aromatic N) is 1. The maximum Gasteiger partial charge on any atom is 0.308 e. The molecule has 0 spiro atoms. The quantitative estimate of drug-likeness (QED) is 0.609. The fourth-order valence-electron chi connectivity index (χ4n) is 2.09. The first-order valence-corrected chi connectivity index (χ1v) is 10.2. The number of carbonyl (C=O) groups is 2. The highest BCUT2D eigenvalue weighted by Gasteiger charge is 2.20. The number of amides is 1. The predicted octanol–water partition coefficient (Wildman–Crippen LogP) is 2.83. The number of esters is 1. The lowest BCUT2D eigenvalue weighted by Crippen LogP contribution is -2.16. The third kappa shape index (κ3) is 5.52. The summed E-state index contributed by atoms with van der Waals surface area (Å²) < 4.78 is 27.7. The van der Waals surface area contributed by atoms with Crippen molar-refractivity contribution in [3.63, 3.8) is 0 Å². The first-order chi connectivity index (χ1) is 11.5. The van der Waals surface area contributed by atoms with Crippen molar-refractivity contribution in [2.75, 3.05) is 11.6 Å². The number of aryl methyl sites for hydroxylation is 1. The molecule has 2 aromatic rings. The van der Waals surface area contributed by atoms with Gasteiger partial charge in [0.1, 0.15) is 5.75 Å². The summed E-state index contributed by atoms with van der Waals surface area (Å²) in [6, 6.07) is 2.95. The average Bonchev–Trinajstić information content (AvgIpc) is 2.81. The summed E-state index contributed by atoms with van der Waals surface area (Å²) in [4.78, 5) is 28.3. The molecule has 0 saturated heterocycles. The number of ether oxygens (including phenoxy) is 1. The lowest BCUT2D eigenvalue weighted by Gasteiger charge is -2.12. The van der Waals surface area contributed by atoms with Gasteiger partial charge in [-0.05, 0) is 18.6 Å². The molecule has 0 unspecified atom stereocenters. The van der Waals surface area contributed by atoms with Crippen LogP contribution in [0.1, 0.15) is 27.7 Å². The summed E-state index contributed by atoms with van der Waals surface area (Å²) in [5.74, 6) is -1.23. The predicted molar refractivity (Wildman–Crippen MR) is 96.1 cm³/mol. The molecule has 10 heteroatoms. The zero-order chi connectivity index (χ0) is 18.8. The van der Waals surface area contributed by atoms with Gasteiger partial charge in [-0.1, -0.05) is 11.6 Å². The molecule has 134 valence electrons. The van der Waals surface area contributed by atoms with Crippen LogP contribution in [0.4, 0.5) is 5.13 Å². The van der Waals surface area contributed by atoms with Crippen LogP contribution < -0.4 is 10.1 Å². The van der Waals surface area contributed by atoms with Gasteiger partial charge in [-0.15, -0.1) is 11.3 Å². The largest absolute Gasteiger partial charge is 0.426 e. The highest BCUT2D eigenvalue weighted by molar-refractivity contribution is 7.90. The highest BCUT2D eigenvalue weighted by atomic mass is 35.5. The molecule has 0 aliphatic rings. The molecular formula is C15H15ClN2O5S2. The number of rotatable bonds is 5. The van der Waals surface area contributed by atoms with E-state index in [0.717, 1.165) is 17.6 Å². The van der Waals surface area contributed by atoms with Crippen LogP contribution in [0, 0.1) is 6.92 Å². The number of hydrogen-bond donors (Lipinski definition) is 1. The van der Waals surface area contributed by atoms with E-state index in [1.165, 1.54) is 19.2 Å². The maximum absolute atomic E-state index is 12.5. The standard InChI is InChI=1S/C15H15ClN2O5S2/c1-8-4-10(16)5-12(23-9(2)19)13(8)14(20)18-15-17-6-11(24-15)7-25(3,21)22/h4-6H,7H2,1-3H3,(H,17,18,20). The van der Waals surface area contributed by atoms with Crippen LogP contribution >= 0.6 is 22.9 Å². The van der Waals surface area contributed by atoms with Gasteiger partial charge in [0, 0.05) is 35.3 Å². The first-order valence-electron chi connectivity index (χ1n) is 6.97. The number of hydrogen-bond acceptors (Lipinski definition) is 7. The van der Waals surface area contributed by atoms with Gasteiger partial charge in [0.05, 0.1) is 11.3 Å². The summed E-state index contributed by atoms with van der Waals surface area (Å²) in [6.45, 7) is 2.88. The number of halogens is 1. The second-order valence-corrected chi connectivity index (χ2v) is 9.04. The molecule has 0 radical (unpaired) electrons. The number of anilines is 1. The van der Waals surface area contributed by atoms with Gasteiger partial charge in [0.2, 0.25) is 0 Å². The second-order valence-electron chi connectivity index (χ2n) is 5.35. The number of thiazole rings is 1. The average molecular weight is 403 g/mol. The third-order valence-corrected chi connectivity index (χ3v) is 5.07. The molecule has 0 aliphatic carbocycles. The summed E-state index contributed by atoms with van der Waals surface area (Å²) in [5.41, 5.74) is 0.675. The van der Waals surface area contributed by atoms with E-state index in [1.807, 2.05) is 0 Å². The molecule has 1 amide bonds. The summed E-state index contributed by atoms with van der Waals surface area (Å²) in [5, 5.41) is 3.15. The Kier molecular flexibility index (Phi) is 5.81. The van der Waals surface area contributed by atoms with E-state index in [2.05, 4.69) is 10.3 Å². The van der Waals surface area contributed by atoms with E-state index in [1.54, 1.807) is 13.0 Å². The molecule has 1 heterocycles. The minimum atomic E-state index is -3.19. The molecule has 0 atom stereocenters. The van der Waals surface area contributed by atoms with Gasteiger partial charge in [-0.25, -0.2) is 13.4 Å². The molecular weight excluding hydrogens is 388 g/mol. The van der Waals surface area contributed by atoms with E-state index < -0.39 is 21.7 Å². The van der Waals surface area contributed by atoms with Crippen LogP contribution in [-0.2, 0) is 20.4 Å². The Bertz CT molecular complexity index is 937. The highest BCUT2D eigenvalue weighted by Crippen LogP contribution is 2.29. The van der Waals surface area contributed by atoms with E-state index in [-0.39, 0.29) is 22.2 Å². The summed E-state index contributed by atoms with van der Waals surface area (Å²) >= 11 is 7.00. The lowest BCUT2D eigenvalue weighted by atomic mass is 10.1. The summed E-state index contributed by atoms with van der Waals surface area (Å²) in [6.07, 6.45) is 2.51. The number of nitrogens with one attached hydrogen (secondary N) is 1. The van der Waals surface area contributed by atoms with Crippen LogP contribution in [0.3, 0.4) is 0 Å². The van der Waals surface area contributed by atoms with Gasteiger partial charge in [-0.2, -0.15) is 0 Å². The molecule has 2 rings (SSSR count). The molecule has 0 fully saturated rings. The van der Waals surface area contributed by atoms with Crippen molar-refractivity contribution in [3.8, 4) is 5.75 Å². The van der Waals surface area contributed by atoms with Gasteiger partial charge in [0.15, 0.2) is 15.0 Å². The number of aromatic nitrogens is 1. The Labute approximate surface area is 153 Å². The monoisotopic (exact) mass is 402 g/mol. The molecule has 1 N–H and O–H groups in total. The van der Waals surface area contributed by atoms with Crippen molar-refractivity contribution in [2.24, 2.45) is 0 Å². The Morgan fingerprint density at radius 1 is 1.36 bits per heavy atom. The zero-order valence-corrected chi connectivity index (χ0v) is 16.0. The molecule has 0 saturated carbocycles. The Morgan fingerprint density at radius 2 is 2.04 bits per heavy atom. The normalized spacial score (nSPS) is 11.2. The van der Waals surface area contributed by atoms with Crippen molar-refractivity contribution in [3.05, 3.63) is 39.4 Å². The smallest absolute Gasteiger partial charge is 0.308 e. The van der Waals surface area contributed by atoms with Crippen LogP contribution in [0.25, 0.3) is 0 Å². The minimum Gasteiger partial charge on any atom is -0.426 e. The molecule has 1 aromatic carbocycles. The number of sulfone groups is 1. The van der Waals surface area contributed by atoms with Crippen molar-refractivity contribution in [2.45, 2.75) is 19.6 Å². The molecule has 0 aliphatic heterocycles. The Morgan fingerprint density at radius 3 is 2.64 bits per heavy atom. The molecule has 25 heavy (non-hydrogen) atoms. The van der Waals surface area contributed by atoms with Gasteiger partial charge in [-0.3, -0.25) is 14.9 Å². The Balaban J connectivity index is 2.28. The van der Waals surface area contributed by atoms with Crippen LogP contribution in [0.2, 0.25) is 5.02 Å². The lowest BCUT2D eigenvalue weighted by molar-refractivity contribution is -0.131. The third-order valence-electron chi connectivity index (χ3n) is 2.92. The number of carbonyl (C=O) groups excluding carboxylic acids is 2. The zero-order valence-electron chi connectivity index (χ0n) is 13.6. The topological polar surface area (TPSA) is 102 Å². The first kappa shape index (κ1) is 19.4. The van der Waals surface area contributed by atoms with Gasteiger partial charge >= 0.3 is 5.97 Å². The molecule has 7 nitrogen and oxygen atoms in total. The summed E-state index contributed by atoms with van der Waals surface area (Å²) in [7, 11) is -3.19. The van der Waals surface area contributed by atoms with Crippen LogP contribution in [-0.4, -0.2) is 31.5 Å². The number of benzene rings is 1. The maximum atomic E-state index is 12.5. The van der Waals surface area contributed by atoms with E-state index in [9.17, 15) is 18.0 Å². The van der Waals surface area contributed by atoms with Crippen LogP contribution in [0.5, 0.6) is 5.75 Å². The minimum absolute atomic E-state index is 0.0444. The van der Waals surface area contributed by atoms with Gasteiger partial charge < -0.3 is 4.74 Å². The van der Waals surface area contributed by atoms with Crippen LogP contribution in [0.15, 0.2) is 18.3 Å². The van der Waals surface area contributed by atoms with E-state index in [0.29, 0.717) is 15.5 Å².